The Morgan fingerprint density at radius 1 is 1.44 bits per heavy atom. The van der Waals surface area contributed by atoms with Gasteiger partial charge in [0, 0.05) is 18.7 Å². The van der Waals surface area contributed by atoms with Crippen LogP contribution in [0.1, 0.15) is 12.5 Å². The van der Waals surface area contributed by atoms with Gasteiger partial charge in [-0.1, -0.05) is 12.1 Å². The summed E-state index contributed by atoms with van der Waals surface area (Å²) in [5, 5.41) is 4.32. The summed E-state index contributed by atoms with van der Waals surface area (Å²) >= 11 is 0. The summed E-state index contributed by atoms with van der Waals surface area (Å²) in [5.74, 6) is 0.848. The Labute approximate surface area is 107 Å². The lowest BCUT2D eigenvalue weighted by molar-refractivity contribution is 0.415. The molecule has 0 aliphatic rings. The van der Waals surface area contributed by atoms with E-state index in [4.69, 9.17) is 10.5 Å². The van der Waals surface area contributed by atoms with Crippen LogP contribution in [0.15, 0.2) is 30.5 Å². The van der Waals surface area contributed by atoms with Gasteiger partial charge in [0.2, 0.25) is 0 Å². The van der Waals surface area contributed by atoms with Crippen LogP contribution in [0.2, 0.25) is 0 Å². The van der Waals surface area contributed by atoms with Crippen LogP contribution >= 0.6 is 0 Å². The monoisotopic (exact) mass is 245 g/mol. The first-order chi connectivity index (χ1) is 8.61. The van der Waals surface area contributed by atoms with Gasteiger partial charge in [-0.3, -0.25) is 4.68 Å². The molecule has 1 atom stereocenters. The fraction of sp³-hybridized carbons (Fsp3) is 0.357. The largest absolute Gasteiger partial charge is 0.497 e. The molecule has 0 radical (unpaired) electrons. The average Bonchev–Trinajstić information content (AvgIpc) is 2.70. The molecule has 1 aromatic heterocycles. The lowest BCUT2D eigenvalue weighted by Gasteiger charge is -2.09. The summed E-state index contributed by atoms with van der Waals surface area (Å²) in [6.45, 7) is 2.00. The number of methoxy groups -OCH3 is 1. The number of hydrogen-bond donors (Lipinski definition) is 1. The van der Waals surface area contributed by atoms with Crippen molar-refractivity contribution in [3.63, 3.8) is 0 Å². The van der Waals surface area contributed by atoms with Gasteiger partial charge in [-0.25, -0.2) is 0 Å². The predicted molar refractivity (Wildman–Crippen MR) is 72.5 cm³/mol. The van der Waals surface area contributed by atoms with Crippen molar-refractivity contribution in [2.45, 2.75) is 19.4 Å². The first kappa shape index (κ1) is 12.6. The Bertz CT molecular complexity index is 532. The maximum Gasteiger partial charge on any atom is 0.119 e. The third-order valence-corrected chi connectivity index (χ3v) is 2.90. The van der Waals surface area contributed by atoms with Crippen LogP contribution in [-0.4, -0.2) is 22.9 Å². The molecule has 1 aromatic carbocycles. The van der Waals surface area contributed by atoms with E-state index in [2.05, 4.69) is 11.2 Å². The van der Waals surface area contributed by atoms with Gasteiger partial charge >= 0.3 is 0 Å². The minimum absolute atomic E-state index is 0.124. The van der Waals surface area contributed by atoms with Crippen molar-refractivity contribution in [1.29, 1.82) is 0 Å². The van der Waals surface area contributed by atoms with E-state index in [0.29, 0.717) is 0 Å². The van der Waals surface area contributed by atoms with Crippen molar-refractivity contribution in [1.82, 2.24) is 9.78 Å². The average molecular weight is 245 g/mol. The summed E-state index contributed by atoms with van der Waals surface area (Å²) in [6, 6.07) is 8.12. The Kier molecular flexibility index (Phi) is 3.67. The second-order valence-corrected chi connectivity index (χ2v) is 4.56. The lowest BCUT2D eigenvalue weighted by Crippen LogP contribution is -2.18. The molecule has 2 aromatic rings. The third-order valence-electron chi connectivity index (χ3n) is 2.90. The van der Waals surface area contributed by atoms with E-state index in [-0.39, 0.29) is 6.04 Å². The van der Waals surface area contributed by atoms with E-state index in [1.54, 1.807) is 7.11 Å². The number of aromatic nitrogens is 2. The van der Waals surface area contributed by atoms with Gasteiger partial charge in [-0.05, 0) is 31.0 Å². The predicted octanol–water partition coefficient (Wildman–Crippen LogP) is 1.99. The van der Waals surface area contributed by atoms with Crippen molar-refractivity contribution in [3.05, 3.63) is 36.0 Å². The molecule has 4 nitrogen and oxygen atoms in total. The molecule has 2 N–H and O–H groups in total. The number of benzene rings is 1. The number of rotatable bonds is 4. The molecule has 4 heteroatoms. The van der Waals surface area contributed by atoms with Crippen LogP contribution in [0.5, 0.6) is 5.75 Å². The Hall–Kier alpha value is -1.81. The van der Waals surface area contributed by atoms with Crippen LogP contribution in [0, 0.1) is 0 Å². The molecule has 0 fully saturated rings. The highest BCUT2D eigenvalue weighted by molar-refractivity contribution is 5.65. The molecule has 0 aliphatic carbocycles. The highest BCUT2D eigenvalue weighted by Crippen LogP contribution is 2.27. The van der Waals surface area contributed by atoms with E-state index in [9.17, 15) is 0 Å². The number of nitrogens with zero attached hydrogens (tertiary/aromatic N) is 2. The quantitative estimate of drug-likeness (QED) is 0.896. The number of aryl methyl sites for hydroxylation is 1. The second-order valence-electron chi connectivity index (χ2n) is 4.56. The maximum absolute atomic E-state index is 5.88. The molecule has 0 spiro atoms. The zero-order chi connectivity index (χ0) is 13.1. The smallest absolute Gasteiger partial charge is 0.119 e. The summed E-state index contributed by atoms with van der Waals surface area (Å²) < 4.78 is 7.14. The molecule has 96 valence electrons. The molecule has 1 heterocycles. The molecule has 0 amide bonds. The highest BCUT2D eigenvalue weighted by atomic mass is 16.5. The Balaban J connectivity index is 2.45. The molecular weight excluding hydrogens is 226 g/mol. The van der Waals surface area contributed by atoms with E-state index in [0.717, 1.165) is 23.4 Å². The van der Waals surface area contributed by atoms with E-state index >= 15 is 0 Å². The van der Waals surface area contributed by atoms with Gasteiger partial charge < -0.3 is 10.5 Å². The van der Waals surface area contributed by atoms with Gasteiger partial charge in [0.15, 0.2) is 0 Å². The van der Waals surface area contributed by atoms with Gasteiger partial charge in [0.05, 0.1) is 19.0 Å². The topological polar surface area (TPSA) is 53.1 Å². The van der Waals surface area contributed by atoms with E-state index in [1.165, 1.54) is 5.56 Å². The second kappa shape index (κ2) is 5.23. The Morgan fingerprint density at radius 3 is 2.89 bits per heavy atom. The first-order valence-corrected chi connectivity index (χ1v) is 6.02. The van der Waals surface area contributed by atoms with Crippen molar-refractivity contribution < 1.29 is 4.74 Å². The standard InChI is InChI=1S/C14H19N3O/c1-10(15)7-12-9-16-17(2)14(12)11-5-4-6-13(8-11)18-3/h4-6,8-10H,7,15H2,1-3H3. The van der Waals surface area contributed by atoms with Crippen LogP contribution in [0.3, 0.4) is 0 Å². The first-order valence-electron chi connectivity index (χ1n) is 6.02. The summed E-state index contributed by atoms with van der Waals surface area (Å²) in [7, 11) is 3.62. The molecule has 0 aliphatic heterocycles. The number of ether oxygens (including phenoxy) is 1. The fourth-order valence-corrected chi connectivity index (χ4v) is 2.12. The van der Waals surface area contributed by atoms with E-state index < -0.39 is 0 Å². The molecular formula is C14H19N3O. The van der Waals surface area contributed by atoms with Gasteiger partial charge in [-0.15, -0.1) is 0 Å². The molecule has 0 saturated heterocycles. The van der Waals surface area contributed by atoms with Crippen LogP contribution < -0.4 is 10.5 Å². The van der Waals surface area contributed by atoms with Crippen LogP contribution in [0.25, 0.3) is 11.3 Å². The third kappa shape index (κ3) is 2.54. The van der Waals surface area contributed by atoms with Crippen molar-refractivity contribution in [2.75, 3.05) is 7.11 Å². The fourth-order valence-electron chi connectivity index (χ4n) is 2.12. The minimum Gasteiger partial charge on any atom is -0.497 e. The highest BCUT2D eigenvalue weighted by Gasteiger charge is 2.12. The molecule has 2 rings (SSSR count). The van der Waals surface area contributed by atoms with Crippen molar-refractivity contribution in [3.8, 4) is 17.0 Å². The zero-order valence-electron chi connectivity index (χ0n) is 11.1. The number of hydrogen-bond acceptors (Lipinski definition) is 3. The van der Waals surface area contributed by atoms with Gasteiger partial charge in [-0.2, -0.15) is 5.10 Å². The molecule has 18 heavy (non-hydrogen) atoms. The van der Waals surface area contributed by atoms with Gasteiger partial charge in [0.1, 0.15) is 5.75 Å². The summed E-state index contributed by atoms with van der Waals surface area (Å²) in [4.78, 5) is 0. The summed E-state index contributed by atoms with van der Waals surface area (Å²) in [6.07, 6.45) is 2.71. The van der Waals surface area contributed by atoms with Crippen molar-refractivity contribution >= 4 is 0 Å². The van der Waals surface area contributed by atoms with Gasteiger partial charge in [0.25, 0.3) is 0 Å². The minimum atomic E-state index is 0.124. The van der Waals surface area contributed by atoms with Crippen LogP contribution in [-0.2, 0) is 13.5 Å². The zero-order valence-corrected chi connectivity index (χ0v) is 11.1. The Morgan fingerprint density at radius 2 is 2.22 bits per heavy atom. The van der Waals surface area contributed by atoms with E-state index in [1.807, 2.05) is 43.0 Å². The summed E-state index contributed by atoms with van der Waals surface area (Å²) in [5.41, 5.74) is 9.25. The lowest BCUT2D eigenvalue weighted by atomic mass is 10.0. The molecule has 0 saturated carbocycles. The normalized spacial score (nSPS) is 12.4. The maximum atomic E-state index is 5.88. The molecule has 0 bridgehead atoms. The van der Waals surface area contributed by atoms with Crippen LogP contribution in [0.4, 0.5) is 0 Å². The van der Waals surface area contributed by atoms with Crippen molar-refractivity contribution in [2.24, 2.45) is 12.8 Å². The number of nitrogens with two attached hydrogens (primary N) is 1. The molecule has 1 unspecified atom stereocenters. The SMILES string of the molecule is COc1cccc(-c2c(CC(C)N)cnn2C)c1.